The molecule has 0 aromatic heterocycles. The Hall–Kier alpha value is -2.30. The van der Waals surface area contributed by atoms with Crippen LogP contribution in [0, 0.1) is 0 Å². The maximum absolute atomic E-state index is 12.2. The van der Waals surface area contributed by atoms with E-state index in [-0.39, 0.29) is 18.4 Å². The summed E-state index contributed by atoms with van der Waals surface area (Å²) in [7, 11) is 0. The Bertz CT molecular complexity index is 651. The molecule has 0 saturated heterocycles. The predicted octanol–water partition coefficient (Wildman–Crippen LogP) is 4.80. The highest BCUT2D eigenvalue weighted by atomic mass is 16.6. The molecule has 0 unspecified atom stereocenters. The van der Waals surface area contributed by atoms with E-state index in [2.05, 4.69) is 5.32 Å². The molecule has 0 saturated carbocycles. The second-order valence-electron chi connectivity index (χ2n) is 8.72. The normalized spacial score (nSPS) is 13.7. The van der Waals surface area contributed by atoms with Crippen molar-refractivity contribution in [2.24, 2.45) is 0 Å². The Balaban J connectivity index is 2.85. The number of benzene rings is 1. The van der Waals surface area contributed by atoms with E-state index in [1.807, 2.05) is 84.9 Å². The number of esters is 1. The van der Waals surface area contributed by atoms with Crippen LogP contribution < -0.4 is 5.32 Å². The molecule has 0 aliphatic heterocycles. The quantitative estimate of drug-likeness (QED) is 0.573. The topological polar surface area (TPSA) is 64.6 Å². The minimum Gasteiger partial charge on any atom is -0.460 e. The first-order chi connectivity index (χ1) is 12.3. The average Bonchev–Trinajstić information content (AvgIpc) is 2.43. The molecule has 0 heterocycles. The monoisotopic (exact) mass is 375 g/mol. The fourth-order valence-corrected chi connectivity index (χ4v) is 2.49. The van der Waals surface area contributed by atoms with Crippen molar-refractivity contribution in [3.8, 4) is 0 Å². The Morgan fingerprint density at radius 3 is 2.07 bits per heavy atom. The van der Waals surface area contributed by atoms with E-state index >= 15 is 0 Å². The van der Waals surface area contributed by atoms with Gasteiger partial charge >= 0.3 is 12.1 Å². The zero-order valence-electron chi connectivity index (χ0n) is 17.6. The van der Waals surface area contributed by atoms with E-state index in [0.717, 1.165) is 11.1 Å². The molecule has 0 fully saturated rings. The van der Waals surface area contributed by atoms with Crippen LogP contribution in [0.3, 0.4) is 0 Å². The molecule has 1 N–H and O–H groups in total. The number of ether oxygens (including phenoxy) is 2. The molecule has 1 rings (SSSR count). The van der Waals surface area contributed by atoms with Crippen LogP contribution >= 0.6 is 0 Å². The summed E-state index contributed by atoms with van der Waals surface area (Å²) in [5, 5.41) is 2.88. The molecule has 0 bridgehead atoms. The lowest BCUT2D eigenvalue weighted by atomic mass is 10.0. The molecule has 1 aromatic rings. The molecule has 150 valence electrons. The van der Waals surface area contributed by atoms with Gasteiger partial charge in [0.2, 0.25) is 0 Å². The second-order valence-corrected chi connectivity index (χ2v) is 8.72. The number of carbonyl (C=O) groups is 2. The van der Waals surface area contributed by atoms with Crippen molar-refractivity contribution in [3.05, 3.63) is 47.5 Å². The summed E-state index contributed by atoms with van der Waals surface area (Å²) in [6, 6.07) is 9.57. The Labute approximate surface area is 163 Å². The van der Waals surface area contributed by atoms with Gasteiger partial charge < -0.3 is 14.8 Å². The van der Waals surface area contributed by atoms with Crippen molar-refractivity contribution in [1.29, 1.82) is 0 Å². The van der Waals surface area contributed by atoms with Crippen LogP contribution in [-0.2, 0) is 20.7 Å². The lowest BCUT2D eigenvalue weighted by Gasteiger charge is -2.23. The molecule has 0 spiro atoms. The SMILES string of the molecule is C/C(=C\[C@@H](Cc1ccccc1)NC(=O)OC(C)(C)C)CC(=O)OC(C)(C)C. The molecule has 0 aliphatic rings. The maximum Gasteiger partial charge on any atom is 0.408 e. The fourth-order valence-electron chi connectivity index (χ4n) is 2.49. The summed E-state index contributed by atoms with van der Waals surface area (Å²) in [4.78, 5) is 24.2. The van der Waals surface area contributed by atoms with Gasteiger partial charge in [0.1, 0.15) is 11.2 Å². The van der Waals surface area contributed by atoms with Crippen molar-refractivity contribution in [1.82, 2.24) is 5.32 Å². The lowest BCUT2D eigenvalue weighted by molar-refractivity contribution is -0.153. The Morgan fingerprint density at radius 1 is 1.00 bits per heavy atom. The highest BCUT2D eigenvalue weighted by molar-refractivity contribution is 5.73. The van der Waals surface area contributed by atoms with E-state index in [4.69, 9.17) is 9.47 Å². The van der Waals surface area contributed by atoms with Crippen LogP contribution in [-0.4, -0.2) is 29.3 Å². The molecule has 1 aromatic carbocycles. The molecular formula is C22H33NO4. The minimum atomic E-state index is -0.573. The molecule has 5 heteroatoms. The molecule has 1 amide bonds. The van der Waals surface area contributed by atoms with Gasteiger partial charge in [0, 0.05) is 0 Å². The first-order valence-corrected chi connectivity index (χ1v) is 9.27. The van der Waals surface area contributed by atoms with Crippen LogP contribution in [0.5, 0.6) is 0 Å². The molecule has 0 aliphatic carbocycles. The number of hydrogen-bond acceptors (Lipinski definition) is 4. The van der Waals surface area contributed by atoms with Crippen LogP contribution in [0.4, 0.5) is 4.79 Å². The Morgan fingerprint density at radius 2 is 1.56 bits per heavy atom. The van der Waals surface area contributed by atoms with Gasteiger partial charge in [-0.1, -0.05) is 42.0 Å². The van der Waals surface area contributed by atoms with Crippen molar-refractivity contribution in [3.63, 3.8) is 0 Å². The van der Waals surface area contributed by atoms with Crippen molar-refractivity contribution in [2.75, 3.05) is 0 Å². The summed E-state index contributed by atoms with van der Waals surface area (Å²) >= 11 is 0. The average molecular weight is 376 g/mol. The summed E-state index contributed by atoms with van der Waals surface area (Å²) in [6.07, 6.45) is 2.19. The summed E-state index contributed by atoms with van der Waals surface area (Å²) < 4.78 is 10.7. The van der Waals surface area contributed by atoms with Crippen LogP contribution in [0.1, 0.15) is 60.5 Å². The number of nitrogens with one attached hydrogen (secondary N) is 1. The van der Waals surface area contributed by atoms with Gasteiger partial charge in [0.05, 0.1) is 12.5 Å². The third kappa shape index (κ3) is 11.1. The van der Waals surface area contributed by atoms with Gasteiger partial charge in [-0.2, -0.15) is 0 Å². The first kappa shape index (κ1) is 22.7. The minimum absolute atomic E-state index is 0.179. The van der Waals surface area contributed by atoms with E-state index < -0.39 is 17.3 Å². The van der Waals surface area contributed by atoms with Gasteiger partial charge in [0.15, 0.2) is 0 Å². The zero-order chi connectivity index (χ0) is 20.7. The first-order valence-electron chi connectivity index (χ1n) is 9.27. The van der Waals surface area contributed by atoms with Crippen LogP contribution in [0.15, 0.2) is 42.0 Å². The van der Waals surface area contributed by atoms with Crippen molar-refractivity contribution >= 4 is 12.1 Å². The number of rotatable bonds is 6. The smallest absolute Gasteiger partial charge is 0.408 e. The van der Waals surface area contributed by atoms with E-state index in [1.54, 1.807) is 0 Å². The van der Waals surface area contributed by atoms with Gasteiger partial charge in [-0.15, -0.1) is 0 Å². The van der Waals surface area contributed by atoms with E-state index in [0.29, 0.717) is 6.42 Å². The molecule has 5 nitrogen and oxygen atoms in total. The second kappa shape index (κ2) is 9.58. The molecule has 27 heavy (non-hydrogen) atoms. The predicted molar refractivity (Wildman–Crippen MR) is 108 cm³/mol. The third-order valence-electron chi connectivity index (χ3n) is 3.33. The van der Waals surface area contributed by atoms with Crippen molar-refractivity contribution < 1.29 is 19.1 Å². The highest BCUT2D eigenvalue weighted by Gasteiger charge is 2.20. The van der Waals surface area contributed by atoms with Gasteiger partial charge in [-0.05, 0) is 60.5 Å². The number of hydrogen-bond donors (Lipinski definition) is 1. The number of alkyl carbamates (subject to hydrolysis) is 1. The summed E-state index contributed by atoms with van der Waals surface area (Å²) in [5.41, 5.74) is 0.827. The highest BCUT2D eigenvalue weighted by Crippen LogP contribution is 2.14. The maximum atomic E-state index is 12.2. The number of carbonyl (C=O) groups excluding carboxylic acids is 2. The van der Waals surface area contributed by atoms with Crippen LogP contribution in [0.25, 0.3) is 0 Å². The fraction of sp³-hybridized carbons (Fsp3) is 0.545. The Kier molecular flexibility index (Phi) is 8.07. The van der Waals surface area contributed by atoms with E-state index in [9.17, 15) is 9.59 Å². The zero-order valence-corrected chi connectivity index (χ0v) is 17.6. The summed E-state index contributed by atoms with van der Waals surface area (Å²) in [5.74, 6) is -0.285. The lowest BCUT2D eigenvalue weighted by Crippen LogP contribution is -2.39. The molecule has 1 atom stereocenters. The van der Waals surface area contributed by atoms with Gasteiger partial charge in [0.25, 0.3) is 0 Å². The molecule has 0 radical (unpaired) electrons. The van der Waals surface area contributed by atoms with Crippen LogP contribution in [0.2, 0.25) is 0 Å². The van der Waals surface area contributed by atoms with Gasteiger partial charge in [-0.3, -0.25) is 4.79 Å². The van der Waals surface area contributed by atoms with Gasteiger partial charge in [-0.25, -0.2) is 4.79 Å². The van der Waals surface area contributed by atoms with E-state index in [1.165, 1.54) is 0 Å². The number of amides is 1. The van der Waals surface area contributed by atoms with Crippen molar-refractivity contribution in [2.45, 2.75) is 78.6 Å². The largest absolute Gasteiger partial charge is 0.460 e. The summed E-state index contributed by atoms with van der Waals surface area (Å²) in [6.45, 7) is 12.8. The third-order valence-corrected chi connectivity index (χ3v) is 3.33. The molecular weight excluding hydrogens is 342 g/mol. The standard InChI is InChI=1S/C22H33NO4/c1-16(14-19(24)26-21(2,3)4)13-18(15-17-11-9-8-10-12-17)23-20(25)27-22(5,6)7/h8-13,18H,14-15H2,1-7H3,(H,23,25)/b16-13+/t18-/m0/s1.